The summed E-state index contributed by atoms with van der Waals surface area (Å²) in [5, 5.41) is 16.7. The van der Waals surface area contributed by atoms with Gasteiger partial charge in [0.1, 0.15) is 6.04 Å². The fraction of sp³-hybridized carbons (Fsp3) is 0.778. The summed E-state index contributed by atoms with van der Waals surface area (Å²) in [7, 11) is 0. The van der Waals surface area contributed by atoms with E-state index in [9.17, 15) is 4.79 Å². The highest BCUT2D eigenvalue weighted by Crippen LogP contribution is 2.08. The summed E-state index contributed by atoms with van der Waals surface area (Å²) in [6.07, 6.45) is 3.06. The van der Waals surface area contributed by atoms with Crippen molar-refractivity contribution in [2.24, 2.45) is 5.73 Å². The topological polar surface area (TPSA) is 87.1 Å². The summed E-state index contributed by atoms with van der Waals surface area (Å²) >= 11 is 1.70. The molecule has 1 atom stereocenters. The van der Waals surface area contributed by atoms with Gasteiger partial charge in [0, 0.05) is 6.42 Å². The van der Waals surface area contributed by atoms with Crippen molar-refractivity contribution < 1.29 is 9.90 Å². The van der Waals surface area contributed by atoms with Crippen molar-refractivity contribution in [2.75, 3.05) is 11.5 Å². The molecule has 0 aromatic carbocycles. The second-order valence-electron chi connectivity index (χ2n) is 2.96. The van der Waals surface area contributed by atoms with Crippen molar-refractivity contribution in [1.82, 2.24) is 0 Å². The normalized spacial score (nSPS) is 12.0. The number of unbranched alkanes of at least 4 members (excludes halogenated alkanes) is 2. The van der Waals surface area contributed by atoms with E-state index in [1.807, 2.05) is 0 Å². The molecule has 0 aromatic rings. The molecule has 0 aromatic heterocycles. The average Bonchev–Trinajstić information content (AvgIpc) is 2.16. The Bertz CT molecular complexity index is 203. The third kappa shape index (κ3) is 7.90. The molecule has 0 fully saturated rings. The Morgan fingerprint density at radius 1 is 1.50 bits per heavy atom. The molecule has 0 rings (SSSR count). The molecule has 0 spiro atoms. The largest absolute Gasteiger partial charge is 0.480 e. The molecule has 0 aliphatic heterocycles. The third-order valence-electron chi connectivity index (χ3n) is 1.72. The standard InChI is InChI=1S/C9H16N2O2S/c10-5-2-1-3-6-14-7-4-8(11)9(12)13/h8H,1-4,6-7,11H2,(H,12,13). The molecule has 0 amide bonds. The number of carboxylic acids is 1. The minimum Gasteiger partial charge on any atom is -0.480 e. The van der Waals surface area contributed by atoms with E-state index in [1.54, 1.807) is 11.8 Å². The Morgan fingerprint density at radius 3 is 2.79 bits per heavy atom. The maximum atomic E-state index is 10.3. The van der Waals surface area contributed by atoms with Gasteiger partial charge in [0.25, 0.3) is 0 Å². The van der Waals surface area contributed by atoms with Crippen LogP contribution in [0.1, 0.15) is 25.7 Å². The van der Waals surface area contributed by atoms with Gasteiger partial charge >= 0.3 is 5.97 Å². The van der Waals surface area contributed by atoms with E-state index in [1.165, 1.54) is 0 Å². The monoisotopic (exact) mass is 216 g/mol. The molecule has 14 heavy (non-hydrogen) atoms. The van der Waals surface area contributed by atoms with E-state index in [2.05, 4.69) is 6.07 Å². The van der Waals surface area contributed by atoms with Crippen LogP contribution in [0.25, 0.3) is 0 Å². The van der Waals surface area contributed by atoms with Crippen LogP contribution in [0.5, 0.6) is 0 Å². The highest BCUT2D eigenvalue weighted by Gasteiger charge is 2.09. The van der Waals surface area contributed by atoms with Crippen LogP contribution < -0.4 is 5.73 Å². The van der Waals surface area contributed by atoms with Crippen LogP contribution in [0.15, 0.2) is 0 Å². The molecule has 0 bridgehead atoms. The quantitative estimate of drug-likeness (QED) is 0.595. The molecule has 0 saturated heterocycles. The van der Waals surface area contributed by atoms with Crippen molar-refractivity contribution in [3.05, 3.63) is 0 Å². The molecule has 0 aliphatic carbocycles. The van der Waals surface area contributed by atoms with E-state index in [0.717, 1.165) is 24.3 Å². The Labute approximate surface area is 88.5 Å². The summed E-state index contributed by atoms with van der Waals surface area (Å²) in [5.41, 5.74) is 5.32. The molecular weight excluding hydrogens is 200 g/mol. The van der Waals surface area contributed by atoms with Gasteiger partial charge in [-0.15, -0.1) is 0 Å². The number of rotatable bonds is 8. The third-order valence-corrected chi connectivity index (χ3v) is 2.82. The number of hydrogen-bond donors (Lipinski definition) is 2. The van der Waals surface area contributed by atoms with Crippen LogP contribution in [0.4, 0.5) is 0 Å². The number of carbonyl (C=O) groups is 1. The smallest absolute Gasteiger partial charge is 0.320 e. The first-order chi connectivity index (χ1) is 6.68. The average molecular weight is 216 g/mol. The van der Waals surface area contributed by atoms with Crippen LogP contribution in [0, 0.1) is 11.3 Å². The molecule has 3 N–H and O–H groups in total. The van der Waals surface area contributed by atoms with Gasteiger partial charge in [-0.3, -0.25) is 4.79 Å². The van der Waals surface area contributed by atoms with E-state index in [4.69, 9.17) is 16.1 Å². The fourth-order valence-corrected chi connectivity index (χ4v) is 1.88. The van der Waals surface area contributed by atoms with E-state index >= 15 is 0 Å². The Kier molecular flexibility index (Phi) is 8.39. The lowest BCUT2D eigenvalue weighted by molar-refractivity contribution is -0.138. The maximum Gasteiger partial charge on any atom is 0.320 e. The second-order valence-corrected chi connectivity index (χ2v) is 4.19. The summed E-state index contributed by atoms with van der Waals surface area (Å²) in [4.78, 5) is 10.3. The van der Waals surface area contributed by atoms with Crippen LogP contribution in [0.2, 0.25) is 0 Å². The molecule has 0 saturated carbocycles. The summed E-state index contributed by atoms with van der Waals surface area (Å²) in [5.74, 6) is 0.823. The summed E-state index contributed by atoms with van der Waals surface area (Å²) in [6, 6.07) is 1.35. The number of carboxylic acid groups (broad SMARTS) is 1. The van der Waals surface area contributed by atoms with E-state index in [-0.39, 0.29) is 0 Å². The first-order valence-electron chi connectivity index (χ1n) is 4.61. The van der Waals surface area contributed by atoms with Crippen molar-refractivity contribution in [2.45, 2.75) is 31.7 Å². The van der Waals surface area contributed by atoms with Gasteiger partial charge in [-0.25, -0.2) is 0 Å². The van der Waals surface area contributed by atoms with Gasteiger partial charge in [-0.2, -0.15) is 17.0 Å². The fourth-order valence-electron chi connectivity index (χ4n) is 0.844. The van der Waals surface area contributed by atoms with Crippen LogP contribution in [-0.2, 0) is 4.79 Å². The first-order valence-corrected chi connectivity index (χ1v) is 5.77. The molecule has 5 heteroatoms. The SMILES string of the molecule is N#CCCCCSCCC(N)C(=O)O. The summed E-state index contributed by atoms with van der Waals surface area (Å²) in [6.45, 7) is 0. The predicted octanol–water partition coefficient (Wildman–Crippen LogP) is 1.22. The van der Waals surface area contributed by atoms with Crippen LogP contribution >= 0.6 is 11.8 Å². The lowest BCUT2D eigenvalue weighted by atomic mass is 10.2. The van der Waals surface area contributed by atoms with Gasteiger partial charge in [0.15, 0.2) is 0 Å². The number of hydrogen-bond acceptors (Lipinski definition) is 4. The predicted molar refractivity (Wildman–Crippen MR) is 57.0 cm³/mol. The van der Waals surface area contributed by atoms with E-state index in [0.29, 0.717) is 12.8 Å². The lowest BCUT2D eigenvalue weighted by Crippen LogP contribution is -2.30. The van der Waals surface area contributed by atoms with Gasteiger partial charge in [-0.05, 0) is 30.8 Å². The number of aliphatic carboxylic acids is 1. The molecule has 1 unspecified atom stereocenters. The number of nitriles is 1. The summed E-state index contributed by atoms with van der Waals surface area (Å²) < 4.78 is 0. The second kappa shape index (κ2) is 8.85. The molecule has 0 heterocycles. The van der Waals surface area contributed by atoms with E-state index < -0.39 is 12.0 Å². The molecule has 0 radical (unpaired) electrons. The molecular formula is C9H16N2O2S. The lowest BCUT2D eigenvalue weighted by Gasteiger charge is -2.04. The highest BCUT2D eigenvalue weighted by atomic mass is 32.2. The zero-order valence-electron chi connectivity index (χ0n) is 8.11. The first kappa shape index (κ1) is 13.3. The van der Waals surface area contributed by atoms with Crippen molar-refractivity contribution in [3.8, 4) is 6.07 Å². The zero-order chi connectivity index (χ0) is 10.8. The zero-order valence-corrected chi connectivity index (χ0v) is 8.92. The Hall–Kier alpha value is -0.730. The van der Waals surface area contributed by atoms with Crippen molar-refractivity contribution >= 4 is 17.7 Å². The maximum absolute atomic E-state index is 10.3. The molecule has 4 nitrogen and oxygen atoms in total. The van der Waals surface area contributed by atoms with Gasteiger partial charge in [0.2, 0.25) is 0 Å². The Balaban J connectivity index is 3.14. The minimum atomic E-state index is -0.935. The Morgan fingerprint density at radius 2 is 2.21 bits per heavy atom. The van der Waals surface area contributed by atoms with Crippen molar-refractivity contribution in [3.63, 3.8) is 0 Å². The van der Waals surface area contributed by atoms with Gasteiger partial charge in [0.05, 0.1) is 6.07 Å². The number of nitrogens with two attached hydrogens (primary N) is 1. The van der Waals surface area contributed by atoms with Crippen LogP contribution in [0.3, 0.4) is 0 Å². The minimum absolute atomic E-state index is 0.512. The van der Waals surface area contributed by atoms with Gasteiger partial charge < -0.3 is 10.8 Å². The van der Waals surface area contributed by atoms with Gasteiger partial charge in [-0.1, -0.05) is 0 Å². The number of thioether (sulfide) groups is 1. The molecule has 0 aliphatic rings. The number of nitrogens with zero attached hydrogens (tertiary/aromatic N) is 1. The highest BCUT2D eigenvalue weighted by molar-refractivity contribution is 7.99. The van der Waals surface area contributed by atoms with Crippen molar-refractivity contribution in [1.29, 1.82) is 5.26 Å². The van der Waals surface area contributed by atoms with Crippen LogP contribution in [-0.4, -0.2) is 28.6 Å². The molecule has 80 valence electrons.